The first-order chi connectivity index (χ1) is 15.9. The first-order valence-corrected chi connectivity index (χ1v) is 13.6. The first-order valence-electron chi connectivity index (χ1n) is 12.1. The van der Waals surface area contributed by atoms with Crippen molar-refractivity contribution in [1.29, 1.82) is 0 Å². The van der Waals surface area contributed by atoms with Crippen molar-refractivity contribution in [2.24, 2.45) is 29.6 Å². The zero-order chi connectivity index (χ0) is 25.0. The fourth-order valence-electron chi connectivity index (χ4n) is 5.56. The van der Waals surface area contributed by atoms with Crippen LogP contribution < -0.4 is 16.0 Å². The quantitative estimate of drug-likeness (QED) is 0.257. The maximum Gasteiger partial charge on any atom is 0.407 e. The molecule has 6 unspecified atom stereocenters. The zero-order valence-electron chi connectivity index (χ0n) is 19.7. The molecule has 0 aromatic rings. The lowest BCUT2D eigenvalue weighted by Gasteiger charge is -2.27. The molecule has 2 saturated carbocycles. The fraction of sp³-hybridized carbons (Fsp3) is 0.864. The van der Waals surface area contributed by atoms with Crippen LogP contribution in [0, 0.1) is 29.6 Å². The summed E-state index contributed by atoms with van der Waals surface area (Å²) >= 11 is 0. The second-order valence-corrected chi connectivity index (χ2v) is 11.9. The smallest absolute Gasteiger partial charge is 0.407 e. The lowest BCUT2D eigenvalue weighted by molar-refractivity contribution is -0.126. The van der Waals surface area contributed by atoms with E-state index in [9.17, 15) is 32.5 Å². The van der Waals surface area contributed by atoms with Gasteiger partial charge in [-0.2, -0.15) is 8.42 Å². The van der Waals surface area contributed by atoms with Crippen molar-refractivity contribution in [3.8, 4) is 0 Å². The molecule has 3 fully saturated rings. The number of amides is 3. The molecular weight excluding hydrogens is 466 g/mol. The Labute approximate surface area is 200 Å². The summed E-state index contributed by atoms with van der Waals surface area (Å²) in [6.45, 7) is 4.41. The Morgan fingerprint density at radius 2 is 1.91 bits per heavy atom. The Hall–Kier alpha value is -1.92. The molecule has 0 spiro atoms. The van der Waals surface area contributed by atoms with Gasteiger partial charge in [-0.25, -0.2) is 4.79 Å². The lowest BCUT2D eigenvalue weighted by Crippen LogP contribution is -2.55. The Bertz CT molecular complexity index is 864. The van der Waals surface area contributed by atoms with Gasteiger partial charge in [0.15, 0.2) is 0 Å². The highest BCUT2D eigenvalue weighted by Crippen LogP contribution is 2.48. The molecule has 194 valence electrons. The molecule has 34 heavy (non-hydrogen) atoms. The second-order valence-electron chi connectivity index (χ2n) is 10.4. The van der Waals surface area contributed by atoms with Crippen LogP contribution in [0.25, 0.3) is 0 Å². The van der Waals surface area contributed by atoms with Crippen molar-refractivity contribution in [3.63, 3.8) is 0 Å². The summed E-state index contributed by atoms with van der Waals surface area (Å²) in [5.41, 5.74) is -2.31. The van der Waals surface area contributed by atoms with Crippen LogP contribution in [0.5, 0.6) is 0 Å². The number of hydrogen-bond acceptors (Lipinski definition) is 7. The van der Waals surface area contributed by atoms with Crippen LogP contribution >= 0.6 is 0 Å². The van der Waals surface area contributed by atoms with Crippen molar-refractivity contribution in [1.82, 2.24) is 16.0 Å². The van der Waals surface area contributed by atoms with Crippen LogP contribution in [0.2, 0.25) is 0 Å². The summed E-state index contributed by atoms with van der Waals surface area (Å²) < 4.78 is 37.9. The number of carbonyl (C=O) groups is 3. The zero-order valence-corrected chi connectivity index (χ0v) is 20.6. The maximum absolute atomic E-state index is 13.0. The Kier molecular flexibility index (Phi) is 8.80. The molecule has 1 saturated heterocycles. The molecule has 3 aliphatic rings. The van der Waals surface area contributed by atoms with Gasteiger partial charge in [0.1, 0.15) is 6.04 Å². The van der Waals surface area contributed by atoms with Crippen LogP contribution in [0.1, 0.15) is 58.8 Å². The highest BCUT2D eigenvalue weighted by atomic mass is 32.2. The van der Waals surface area contributed by atoms with Crippen molar-refractivity contribution >= 4 is 28.0 Å². The van der Waals surface area contributed by atoms with Crippen molar-refractivity contribution in [2.75, 3.05) is 13.2 Å². The van der Waals surface area contributed by atoms with Gasteiger partial charge in [-0.15, -0.1) is 0 Å². The number of rotatable bonds is 11. The Morgan fingerprint density at radius 3 is 2.44 bits per heavy atom. The normalized spacial score (nSPS) is 28.9. The molecule has 12 heteroatoms. The van der Waals surface area contributed by atoms with Gasteiger partial charge in [-0.1, -0.05) is 20.3 Å². The number of ether oxygens (including phenoxy) is 1. The Morgan fingerprint density at radius 1 is 1.18 bits per heavy atom. The van der Waals surface area contributed by atoms with Gasteiger partial charge in [0.05, 0.1) is 12.6 Å². The number of hydrogen-bond donors (Lipinski definition) is 5. The van der Waals surface area contributed by atoms with Gasteiger partial charge in [0, 0.05) is 12.5 Å². The van der Waals surface area contributed by atoms with E-state index in [0.717, 1.165) is 12.8 Å². The lowest BCUT2D eigenvalue weighted by atomic mass is 9.90. The molecule has 1 aliphatic heterocycles. The molecule has 3 rings (SSSR count). The minimum absolute atomic E-state index is 0.00664. The minimum Gasteiger partial charge on any atom is -0.449 e. The van der Waals surface area contributed by atoms with Crippen molar-refractivity contribution in [3.05, 3.63) is 0 Å². The third-order valence-corrected chi connectivity index (χ3v) is 8.25. The fourth-order valence-corrected chi connectivity index (χ4v) is 6.16. The van der Waals surface area contributed by atoms with Gasteiger partial charge in [0.25, 0.3) is 10.1 Å². The second kappa shape index (κ2) is 11.2. The molecule has 0 radical (unpaired) electrons. The van der Waals surface area contributed by atoms with Crippen molar-refractivity contribution < 1.29 is 37.2 Å². The summed E-state index contributed by atoms with van der Waals surface area (Å²) in [6.07, 6.45) is 4.38. The summed E-state index contributed by atoms with van der Waals surface area (Å²) in [6, 6.07) is -2.47. The number of aliphatic hydroxyl groups is 1. The molecule has 0 aromatic heterocycles. The maximum atomic E-state index is 13.0. The number of aliphatic hydroxyl groups excluding tert-OH is 1. The predicted molar refractivity (Wildman–Crippen MR) is 122 cm³/mol. The molecular formula is C22H37N3O8S. The molecule has 1 heterocycles. The van der Waals surface area contributed by atoms with E-state index in [4.69, 9.17) is 4.74 Å². The first kappa shape index (κ1) is 26.7. The molecule has 2 bridgehead atoms. The van der Waals surface area contributed by atoms with E-state index in [1.165, 1.54) is 12.8 Å². The SMILES string of the molecule is CC(C)C[C@H](NC(=O)OCC1CC2CCC1C2)C(=O)NC(CC1CCNC1=O)C(O)S(=O)(=O)O. The third-order valence-electron chi connectivity index (χ3n) is 7.31. The van der Waals surface area contributed by atoms with Gasteiger partial charge >= 0.3 is 6.09 Å². The minimum atomic E-state index is -4.90. The average Bonchev–Trinajstić information content (AvgIpc) is 3.47. The summed E-state index contributed by atoms with van der Waals surface area (Å²) in [5.74, 6) is -0.0115. The highest BCUT2D eigenvalue weighted by Gasteiger charge is 2.40. The largest absolute Gasteiger partial charge is 0.449 e. The molecule has 7 atom stereocenters. The van der Waals surface area contributed by atoms with Gasteiger partial charge < -0.3 is 25.8 Å². The monoisotopic (exact) mass is 503 g/mol. The number of nitrogens with one attached hydrogen (secondary N) is 3. The van der Waals surface area contributed by atoms with E-state index in [1.54, 1.807) is 0 Å². The van der Waals surface area contributed by atoms with Crippen LogP contribution in [0.4, 0.5) is 4.79 Å². The topological polar surface area (TPSA) is 171 Å². The summed E-state index contributed by atoms with van der Waals surface area (Å²) in [7, 11) is -4.90. The van der Waals surface area contributed by atoms with Gasteiger partial charge in [-0.3, -0.25) is 14.1 Å². The van der Waals surface area contributed by atoms with E-state index in [-0.39, 0.29) is 24.7 Å². The van der Waals surface area contributed by atoms with Gasteiger partial charge in [-0.05, 0) is 62.2 Å². The van der Waals surface area contributed by atoms with Crippen LogP contribution in [0.15, 0.2) is 0 Å². The van der Waals surface area contributed by atoms with Crippen LogP contribution in [-0.4, -0.2) is 66.7 Å². The number of fused-ring (bicyclic) bond motifs is 2. The summed E-state index contributed by atoms with van der Waals surface area (Å²) in [5, 5.41) is 17.7. The van der Waals surface area contributed by atoms with Crippen LogP contribution in [0.3, 0.4) is 0 Å². The number of alkyl carbamates (subject to hydrolysis) is 1. The molecule has 2 aliphatic carbocycles. The molecule has 3 amide bonds. The van der Waals surface area contributed by atoms with E-state index in [2.05, 4.69) is 16.0 Å². The van der Waals surface area contributed by atoms with E-state index < -0.39 is 45.6 Å². The van der Waals surface area contributed by atoms with E-state index in [1.807, 2.05) is 13.8 Å². The predicted octanol–water partition coefficient (Wildman–Crippen LogP) is 0.781. The van der Waals surface area contributed by atoms with Crippen LogP contribution in [-0.2, 0) is 24.4 Å². The van der Waals surface area contributed by atoms with Gasteiger partial charge in [0.2, 0.25) is 17.3 Å². The molecule has 0 aromatic carbocycles. The summed E-state index contributed by atoms with van der Waals surface area (Å²) in [4.78, 5) is 37.4. The molecule has 11 nitrogen and oxygen atoms in total. The number of carbonyl (C=O) groups excluding carboxylic acids is 3. The van der Waals surface area contributed by atoms with E-state index in [0.29, 0.717) is 37.3 Å². The van der Waals surface area contributed by atoms with Crippen molar-refractivity contribution in [2.45, 2.75) is 76.3 Å². The Balaban J connectivity index is 1.61. The molecule has 5 N–H and O–H groups in total. The van der Waals surface area contributed by atoms with E-state index >= 15 is 0 Å². The highest BCUT2D eigenvalue weighted by molar-refractivity contribution is 7.86. The third kappa shape index (κ3) is 7.05. The average molecular weight is 504 g/mol. The standard InChI is InChI=1S/C22H37N3O8S/c1-12(2)7-17(25-22(29)33-11-16-9-13-3-4-14(16)8-13)20(27)24-18(21(28)34(30,31)32)10-15-5-6-23-19(15)26/h12-18,21,28H,3-11H2,1-2H3,(H,23,26)(H,24,27)(H,25,29)(H,30,31,32)/t13?,14?,15?,16?,17-,18?,21?/m0/s1.